The number of para-hydroxylation sites is 1. The number of hydrogen-bond acceptors (Lipinski definition) is 4. The average Bonchev–Trinajstić information content (AvgIpc) is 2.38. The number of halogens is 2. The van der Waals surface area contributed by atoms with Crippen molar-refractivity contribution in [3.05, 3.63) is 46.3 Å². The molecule has 0 amide bonds. The highest BCUT2D eigenvalue weighted by Gasteiger charge is 2.05. The van der Waals surface area contributed by atoms with Crippen molar-refractivity contribution in [1.82, 2.24) is 9.97 Å². The van der Waals surface area contributed by atoms with Crippen molar-refractivity contribution in [2.75, 3.05) is 11.9 Å². The standard InChI is InChI=1S/C13H13Cl2N3O/c1-2-19-8-13-17-11(15)7-12(18-13)16-10-6-4-3-5-9(10)14/h3-7H,2,8H2,1H3,(H,16,17,18). The molecule has 0 atom stereocenters. The van der Waals surface area contributed by atoms with Gasteiger partial charge in [-0.2, -0.15) is 0 Å². The second kappa shape index (κ2) is 6.70. The molecule has 0 radical (unpaired) electrons. The van der Waals surface area contributed by atoms with Crippen LogP contribution in [-0.4, -0.2) is 16.6 Å². The molecule has 0 aliphatic rings. The van der Waals surface area contributed by atoms with Crippen LogP contribution in [0.2, 0.25) is 10.2 Å². The summed E-state index contributed by atoms with van der Waals surface area (Å²) in [6, 6.07) is 9.05. The number of aromatic nitrogens is 2. The largest absolute Gasteiger partial charge is 0.374 e. The second-order valence-electron chi connectivity index (χ2n) is 3.73. The zero-order valence-corrected chi connectivity index (χ0v) is 11.9. The summed E-state index contributed by atoms with van der Waals surface area (Å²) in [5.74, 6) is 1.12. The number of benzene rings is 1. The van der Waals surface area contributed by atoms with E-state index in [4.69, 9.17) is 27.9 Å². The molecule has 4 nitrogen and oxygen atoms in total. The summed E-state index contributed by atoms with van der Waals surface area (Å²) in [6.07, 6.45) is 0. The normalized spacial score (nSPS) is 10.5. The molecular weight excluding hydrogens is 285 g/mol. The minimum absolute atomic E-state index is 0.328. The Morgan fingerprint density at radius 3 is 2.74 bits per heavy atom. The molecular formula is C13H13Cl2N3O. The molecule has 100 valence electrons. The molecule has 0 saturated heterocycles. The van der Waals surface area contributed by atoms with E-state index in [0.29, 0.717) is 35.0 Å². The smallest absolute Gasteiger partial charge is 0.158 e. The van der Waals surface area contributed by atoms with Gasteiger partial charge >= 0.3 is 0 Å². The van der Waals surface area contributed by atoms with Crippen molar-refractivity contribution in [2.24, 2.45) is 0 Å². The Morgan fingerprint density at radius 1 is 1.21 bits per heavy atom. The van der Waals surface area contributed by atoms with Gasteiger partial charge < -0.3 is 10.1 Å². The summed E-state index contributed by atoms with van der Waals surface area (Å²) in [5, 5.41) is 4.08. The van der Waals surface area contributed by atoms with Crippen molar-refractivity contribution in [3.8, 4) is 0 Å². The Kier molecular flexibility index (Phi) is 4.96. The Morgan fingerprint density at radius 2 is 2.00 bits per heavy atom. The molecule has 1 heterocycles. The predicted octanol–water partition coefficient (Wildman–Crippen LogP) is 4.06. The van der Waals surface area contributed by atoms with E-state index < -0.39 is 0 Å². The van der Waals surface area contributed by atoms with Gasteiger partial charge in [-0.05, 0) is 19.1 Å². The molecule has 0 saturated carbocycles. The van der Waals surface area contributed by atoms with E-state index in [1.807, 2.05) is 25.1 Å². The molecule has 0 bridgehead atoms. The minimum atomic E-state index is 0.328. The summed E-state index contributed by atoms with van der Waals surface area (Å²) < 4.78 is 5.27. The summed E-state index contributed by atoms with van der Waals surface area (Å²) in [5.41, 5.74) is 0.765. The molecule has 2 rings (SSSR count). The Balaban J connectivity index is 2.20. The van der Waals surface area contributed by atoms with Crippen LogP contribution in [0, 0.1) is 0 Å². The fourth-order valence-corrected chi connectivity index (χ4v) is 1.87. The maximum atomic E-state index is 6.07. The van der Waals surface area contributed by atoms with Gasteiger partial charge in [0.05, 0.1) is 10.7 Å². The molecule has 1 aromatic carbocycles. The van der Waals surface area contributed by atoms with Crippen LogP contribution >= 0.6 is 23.2 Å². The number of ether oxygens (including phenoxy) is 1. The van der Waals surface area contributed by atoms with Gasteiger partial charge in [0.15, 0.2) is 5.82 Å². The molecule has 0 aliphatic carbocycles. The third-order valence-corrected chi connectivity index (χ3v) is 2.84. The first-order valence-electron chi connectivity index (χ1n) is 5.82. The summed E-state index contributed by atoms with van der Waals surface area (Å²) in [7, 11) is 0. The SMILES string of the molecule is CCOCc1nc(Cl)cc(Nc2ccccc2Cl)n1. The number of nitrogens with zero attached hydrogens (tertiary/aromatic N) is 2. The van der Waals surface area contributed by atoms with Crippen LogP contribution < -0.4 is 5.32 Å². The lowest BCUT2D eigenvalue weighted by molar-refractivity contribution is 0.128. The first kappa shape index (κ1) is 14.1. The third-order valence-electron chi connectivity index (χ3n) is 2.31. The van der Waals surface area contributed by atoms with Crippen molar-refractivity contribution in [1.29, 1.82) is 0 Å². The van der Waals surface area contributed by atoms with Gasteiger partial charge in [0.25, 0.3) is 0 Å². The third kappa shape index (κ3) is 4.06. The maximum absolute atomic E-state index is 6.07. The molecule has 0 spiro atoms. The van der Waals surface area contributed by atoms with Crippen LogP contribution in [0.4, 0.5) is 11.5 Å². The Hall–Kier alpha value is -1.36. The lowest BCUT2D eigenvalue weighted by atomic mass is 10.3. The van der Waals surface area contributed by atoms with E-state index in [0.717, 1.165) is 5.69 Å². The highest BCUT2D eigenvalue weighted by molar-refractivity contribution is 6.33. The van der Waals surface area contributed by atoms with Crippen LogP contribution in [-0.2, 0) is 11.3 Å². The van der Waals surface area contributed by atoms with Gasteiger partial charge in [-0.25, -0.2) is 9.97 Å². The Bertz CT molecular complexity index is 563. The predicted molar refractivity (Wildman–Crippen MR) is 77.1 cm³/mol. The number of nitrogens with one attached hydrogen (secondary N) is 1. The lowest BCUT2D eigenvalue weighted by Crippen LogP contribution is -2.03. The quantitative estimate of drug-likeness (QED) is 0.845. The van der Waals surface area contributed by atoms with Gasteiger partial charge in [-0.1, -0.05) is 35.3 Å². The summed E-state index contributed by atoms with van der Waals surface area (Å²) >= 11 is 12.0. The average molecular weight is 298 g/mol. The van der Waals surface area contributed by atoms with Crippen molar-refractivity contribution in [2.45, 2.75) is 13.5 Å². The van der Waals surface area contributed by atoms with E-state index in [1.54, 1.807) is 12.1 Å². The highest BCUT2D eigenvalue weighted by atomic mass is 35.5. The topological polar surface area (TPSA) is 47.0 Å². The lowest BCUT2D eigenvalue weighted by Gasteiger charge is -2.09. The number of anilines is 2. The van der Waals surface area contributed by atoms with Crippen molar-refractivity contribution >= 4 is 34.7 Å². The molecule has 0 fully saturated rings. The molecule has 2 aromatic rings. The van der Waals surface area contributed by atoms with E-state index in [-0.39, 0.29) is 0 Å². The molecule has 6 heteroatoms. The minimum Gasteiger partial charge on any atom is -0.374 e. The fourth-order valence-electron chi connectivity index (χ4n) is 1.49. The highest BCUT2D eigenvalue weighted by Crippen LogP contribution is 2.24. The molecule has 1 N–H and O–H groups in total. The number of hydrogen-bond donors (Lipinski definition) is 1. The first-order chi connectivity index (χ1) is 9.19. The summed E-state index contributed by atoms with van der Waals surface area (Å²) in [6.45, 7) is 2.84. The molecule has 1 aromatic heterocycles. The second-order valence-corrected chi connectivity index (χ2v) is 4.53. The zero-order chi connectivity index (χ0) is 13.7. The first-order valence-corrected chi connectivity index (χ1v) is 6.57. The number of rotatable bonds is 5. The zero-order valence-electron chi connectivity index (χ0n) is 10.4. The molecule has 19 heavy (non-hydrogen) atoms. The maximum Gasteiger partial charge on any atom is 0.158 e. The van der Waals surface area contributed by atoms with Crippen LogP contribution in [0.1, 0.15) is 12.7 Å². The van der Waals surface area contributed by atoms with Crippen LogP contribution in [0.15, 0.2) is 30.3 Å². The fraction of sp³-hybridized carbons (Fsp3) is 0.231. The van der Waals surface area contributed by atoms with Crippen molar-refractivity contribution < 1.29 is 4.74 Å². The van der Waals surface area contributed by atoms with Crippen molar-refractivity contribution in [3.63, 3.8) is 0 Å². The van der Waals surface area contributed by atoms with E-state index in [9.17, 15) is 0 Å². The van der Waals surface area contributed by atoms with E-state index in [2.05, 4.69) is 15.3 Å². The monoisotopic (exact) mass is 297 g/mol. The molecule has 0 aliphatic heterocycles. The van der Waals surface area contributed by atoms with Crippen LogP contribution in [0.25, 0.3) is 0 Å². The van der Waals surface area contributed by atoms with E-state index >= 15 is 0 Å². The summed E-state index contributed by atoms with van der Waals surface area (Å²) in [4.78, 5) is 8.41. The van der Waals surface area contributed by atoms with Gasteiger partial charge in [0.2, 0.25) is 0 Å². The van der Waals surface area contributed by atoms with Gasteiger partial charge in [0.1, 0.15) is 17.6 Å². The van der Waals surface area contributed by atoms with Crippen LogP contribution in [0.5, 0.6) is 0 Å². The van der Waals surface area contributed by atoms with Gasteiger partial charge in [0, 0.05) is 12.7 Å². The van der Waals surface area contributed by atoms with Gasteiger partial charge in [-0.3, -0.25) is 0 Å². The van der Waals surface area contributed by atoms with Crippen LogP contribution in [0.3, 0.4) is 0 Å². The Labute approximate surface area is 121 Å². The molecule has 0 unspecified atom stereocenters. The van der Waals surface area contributed by atoms with Gasteiger partial charge in [-0.15, -0.1) is 0 Å². The van der Waals surface area contributed by atoms with E-state index in [1.165, 1.54) is 0 Å².